The lowest BCUT2D eigenvalue weighted by Crippen LogP contribution is -2.45. The van der Waals surface area contributed by atoms with Gasteiger partial charge in [-0.15, -0.1) is 0 Å². The molecule has 0 aromatic heterocycles. The summed E-state index contributed by atoms with van der Waals surface area (Å²) in [5, 5.41) is 0. The van der Waals surface area contributed by atoms with Crippen LogP contribution in [0.5, 0.6) is 0 Å². The summed E-state index contributed by atoms with van der Waals surface area (Å²) in [6, 6.07) is 8.38. The molecule has 128 valence electrons. The SMILES string of the molecule is Cc1ccc(CCN(CC2CCCO2)C(=O)C(C)C(C)N)cc1. The first kappa shape index (κ1) is 18.0. The Hall–Kier alpha value is -1.39. The van der Waals surface area contributed by atoms with Crippen molar-refractivity contribution in [3.63, 3.8) is 0 Å². The molecule has 0 saturated carbocycles. The van der Waals surface area contributed by atoms with Crippen LogP contribution in [0.15, 0.2) is 24.3 Å². The van der Waals surface area contributed by atoms with Crippen LogP contribution in [-0.2, 0) is 16.0 Å². The van der Waals surface area contributed by atoms with Gasteiger partial charge in [0.2, 0.25) is 5.91 Å². The maximum atomic E-state index is 12.7. The second-order valence-corrected chi connectivity index (χ2v) is 6.80. The van der Waals surface area contributed by atoms with Crippen molar-refractivity contribution in [2.75, 3.05) is 19.7 Å². The van der Waals surface area contributed by atoms with Crippen LogP contribution in [0.4, 0.5) is 0 Å². The third-order valence-electron chi connectivity index (χ3n) is 4.73. The summed E-state index contributed by atoms with van der Waals surface area (Å²) in [6.07, 6.45) is 3.18. The topological polar surface area (TPSA) is 55.6 Å². The number of nitrogens with zero attached hydrogens (tertiary/aromatic N) is 1. The van der Waals surface area contributed by atoms with Gasteiger partial charge in [-0.2, -0.15) is 0 Å². The van der Waals surface area contributed by atoms with E-state index >= 15 is 0 Å². The van der Waals surface area contributed by atoms with Crippen molar-refractivity contribution in [2.24, 2.45) is 11.7 Å². The Morgan fingerprint density at radius 3 is 2.61 bits per heavy atom. The van der Waals surface area contributed by atoms with Gasteiger partial charge in [-0.05, 0) is 38.7 Å². The third-order valence-corrected chi connectivity index (χ3v) is 4.73. The van der Waals surface area contributed by atoms with Crippen molar-refractivity contribution in [1.82, 2.24) is 4.90 Å². The van der Waals surface area contributed by atoms with Gasteiger partial charge in [0.15, 0.2) is 0 Å². The highest BCUT2D eigenvalue weighted by Crippen LogP contribution is 2.16. The molecule has 4 nitrogen and oxygen atoms in total. The molecule has 0 bridgehead atoms. The maximum Gasteiger partial charge on any atom is 0.227 e. The Bertz CT molecular complexity index is 493. The van der Waals surface area contributed by atoms with Crippen molar-refractivity contribution in [3.8, 4) is 0 Å². The second kappa shape index (κ2) is 8.46. The second-order valence-electron chi connectivity index (χ2n) is 6.80. The number of hydrogen-bond acceptors (Lipinski definition) is 3. The van der Waals surface area contributed by atoms with Gasteiger partial charge in [-0.1, -0.05) is 36.8 Å². The van der Waals surface area contributed by atoms with E-state index in [9.17, 15) is 4.79 Å². The molecule has 0 spiro atoms. The first-order valence-corrected chi connectivity index (χ1v) is 8.69. The summed E-state index contributed by atoms with van der Waals surface area (Å²) >= 11 is 0. The molecule has 1 aromatic carbocycles. The molecule has 3 unspecified atom stereocenters. The maximum absolute atomic E-state index is 12.7. The quantitative estimate of drug-likeness (QED) is 0.840. The van der Waals surface area contributed by atoms with Crippen molar-refractivity contribution in [3.05, 3.63) is 35.4 Å². The molecule has 3 atom stereocenters. The number of nitrogens with two attached hydrogens (primary N) is 1. The number of aryl methyl sites for hydroxylation is 1. The lowest BCUT2D eigenvalue weighted by atomic mass is 10.0. The fraction of sp³-hybridized carbons (Fsp3) is 0.632. The van der Waals surface area contributed by atoms with Gasteiger partial charge in [-0.25, -0.2) is 0 Å². The zero-order valence-corrected chi connectivity index (χ0v) is 14.6. The van der Waals surface area contributed by atoms with Crippen LogP contribution in [0, 0.1) is 12.8 Å². The van der Waals surface area contributed by atoms with E-state index < -0.39 is 0 Å². The predicted molar refractivity (Wildman–Crippen MR) is 93.3 cm³/mol. The fourth-order valence-corrected chi connectivity index (χ4v) is 2.86. The molecule has 0 radical (unpaired) electrons. The van der Waals surface area contributed by atoms with Crippen LogP contribution in [0.25, 0.3) is 0 Å². The van der Waals surface area contributed by atoms with E-state index in [0.29, 0.717) is 6.54 Å². The van der Waals surface area contributed by atoms with Gasteiger partial charge in [0.25, 0.3) is 0 Å². The number of ether oxygens (including phenoxy) is 1. The highest BCUT2D eigenvalue weighted by Gasteiger charge is 2.27. The van der Waals surface area contributed by atoms with Crippen molar-refractivity contribution < 1.29 is 9.53 Å². The minimum atomic E-state index is -0.158. The standard InChI is InChI=1S/C19H30N2O2/c1-14-6-8-17(9-7-14)10-11-21(13-18-5-4-12-23-18)19(22)15(2)16(3)20/h6-9,15-16,18H,4-5,10-13,20H2,1-3H3. The molecule has 1 heterocycles. The smallest absolute Gasteiger partial charge is 0.227 e. The Labute approximate surface area is 140 Å². The summed E-state index contributed by atoms with van der Waals surface area (Å²) < 4.78 is 5.72. The number of carbonyl (C=O) groups is 1. The Balaban J connectivity index is 1.99. The van der Waals surface area contributed by atoms with Crippen LogP contribution in [0.3, 0.4) is 0 Å². The number of rotatable bonds is 7. The largest absolute Gasteiger partial charge is 0.376 e. The highest BCUT2D eigenvalue weighted by atomic mass is 16.5. The van der Waals surface area contributed by atoms with Crippen molar-refractivity contribution in [1.29, 1.82) is 0 Å². The number of carbonyl (C=O) groups excluding carboxylic acids is 1. The van der Waals surface area contributed by atoms with E-state index in [1.807, 2.05) is 18.7 Å². The molecule has 1 saturated heterocycles. The average molecular weight is 318 g/mol. The van der Waals surface area contributed by atoms with E-state index in [2.05, 4.69) is 31.2 Å². The monoisotopic (exact) mass is 318 g/mol. The van der Waals surface area contributed by atoms with Crippen LogP contribution >= 0.6 is 0 Å². The number of hydrogen-bond donors (Lipinski definition) is 1. The summed E-state index contributed by atoms with van der Waals surface area (Å²) in [4.78, 5) is 14.7. The Kier molecular flexibility index (Phi) is 6.60. The molecule has 0 aliphatic carbocycles. The summed E-state index contributed by atoms with van der Waals surface area (Å²) in [7, 11) is 0. The fourth-order valence-electron chi connectivity index (χ4n) is 2.86. The minimum Gasteiger partial charge on any atom is -0.376 e. The van der Waals surface area contributed by atoms with Crippen LogP contribution in [0.2, 0.25) is 0 Å². The molecule has 2 rings (SSSR count). The zero-order valence-electron chi connectivity index (χ0n) is 14.6. The van der Waals surface area contributed by atoms with Gasteiger partial charge >= 0.3 is 0 Å². The molecular formula is C19H30N2O2. The zero-order chi connectivity index (χ0) is 16.8. The first-order valence-electron chi connectivity index (χ1n) is 8.69. The van der Waals surface area contributed by atoms with Gasteiger partial charge in [0.1, 0.15) is 0 Å². The molecule has 4 heteroatoms. The van der Waals surface area contributed by atoms with Crippen molar-refractivity contribution >= 4 is 5.91 Å². The van der Waals surface area contributed by atoms with Gasteiger partial charge in [0.05, 0.1) is 12.0 Å². The van der Waals surface area contributed by atoms with Gasteiger partial charge in [0, 0.05) is 25.7 Å². The molecule has 1 aliphatic rings. The van der Waals surface area contributed by atoms with E-state index in [-0.39, 0.29) is 24.0 Å². The lowest BCUT2D eigenvalue weighted by molar-refractivity contribution is -0.137. The number of amides is 1. The normalized spacial score (nSPS) is 20.3. The summed E-state index contributed by atoms with van der Waals surface area (Å²) in [6.45, 7) is 8.11. The van der Waals surface area contributed by atoms with E-state index in [4.69, 9.17) is 10.5 Å². The summed E-state index contributed by atoms with van der Waals surface area (Å²) in [5.74, 6) is -0.0166. The molecule has 1 fully saturated rings. The summed E-state index contributed by atoms with van der Waals surface area (Å²) in [5.41, 5.74) is 8.44. The molecule has 1 aliphatic heterocycles. The number of benzene rings is 1. The van der Waals surface area contributed by atoms with E-state index in [1.54, 1.807) is 0 Å². The molecule has 1 amide bonds. The minimum absolute atomic E-state index is 0.131. The molecular weight excluding hydrogens is 288 g/mol. The van der Waals surface area contributed by atoms with Gasteiger partial charge in [-0.3, -0.25) is 4.79 Å². The average Bonchev–Trinajstić information content (AvgIpc) is 3.04. The molecule has 2 N–H and O–H groups in total. The van der Waals surface area contributed by atoms with Crippen LogP contribution in [-0.4, -0.2) is 42.6 Å². The first-order chi connectivity index (χ1) is 11.0. The van der Waals surface area contributed by atoms with Gasteiger partial charge < -0.3 is 15.4 Å². The molecule has 23 heavy (non-hydrogen) atoms. The van der Waals surface area contributed by atoms with Crippen molar-refractivity contribution in [2.45, 2.75) is 52.2 Å². The molecule has 1 aromatic rings. The Morgan fingerprint density at radius 1 is 1.35 bits per heavy atom. The Morgan fingerprint density at radius 2 is 2.04 bits per heavy atom. The lowest BCUT2D eigenvalue weighted by Gasteiger charge is -2.29. The van der Waals surface area contributed by atoms with Crippen LogP contribution < -0.4 is 5.73 Å². The van der Waals surface area contributed by atoms with E-state index in [0.717, 1.165) is 32.4 Å². The highest BCUT2D eigenvalue weighted by molar-refractivity contribution is 5.79. The third kappa shape index (κ3) is 5.33. The van der Waals surface area contributed by atoms with E-state index in [1.165, 1.54) is 11.1 Å². The predicted octanol–water partition coefficient (Wildman–Crippen LogP) is 2.53. The van der Waals surface area contributed by atoms with Crippen LogP contribution in [0.1, 0.15) is 37.8 Å².